The number of nitrogens with two attached hydrogens (primary N) is 1. The normalized spacial score (nSPS) is 14.0. The zero-order valence-electron chi connectivity index (χ0n) is 9.12. The summed E-state index contributed by atoms with van der Waals surface area (Å²) in [5.41, 5.74) is 8.16. The summed E-state index contributed by atoms with van der Waals surface area (Å²) in [4.78, 5) is 11.3. The Morgan fingerprint density at radius 1 is 1.56 bits per heavy atom. The van der Waals surface area contributed by atoms with Crippen LogP contribution in [0.2, 0.25) is 0 Å². The van der Waals surface area contributed by atoms with E-state index < -0.39 is 0 Å². The lowest BCUT2D eigenvalue weighted by Gasteiger charge is -2.08. The summed E-state index contributed by atoms with van der Waals surface area (Å²) in [6.07, 6.45) is 4.20. The fraction of sp³-hybridized carbons (Fsp3) is 0.250. The molecule has 2 rings (SSSR count). The quantitative estimate of drug-likeness (QED) is 0.800. The van der Waals surface area contributed by atoms with Gasteiger partial charge in [0.2, 0.25) is 5.91 Å². The number of fused-ring (bicyclic) bond motifs is 1. The Balaban J connectivity index is 2.42. The van der Waals surface area contributed by atoms with Gasteiger partial charge in [-0.2, -0.15) is 0 Å². The van der Waals surface area contributed by atoms with Crippen molar-refractivity contribution in [3.05, 3.63) is 29.3 Å². The maximum atomic E-state index is 11.3. The molecule has 84 valence electrons. The summed E-state index contributed by atoms with van der Waals surface area (Å²) >= 11 is 0. The average molecular weight is 218 g/mol. The van der Waals surface area contributed by atoms with Crippen molar-refractivity contribution in [1.29, 1.82) is 0 Å². The van der Waals surface area contributed by atoms with E-state index in [9.17, 15) is 4.79 Å². The Bertz CT molecular complexity index is 453. The van der Waals surface area contributed by atoms with Gasteiger partial charge < -0.3 is 15.8 Å². The Labute approximate surface area is 94.1 Å². The topological polar surface area (TPSA) is 64.3 Å². The van der Waals surface area contributed by atoms with Crippen LogP contribution in [0.1, 0.15) is 11.1 Å². The highest BCUT2D eigenvalue weighted by Crippen LogP contribution is 2.34. The fourth-order valence-corrected chi connectivity index (χ4v) is 1.80. The standard InChI is InChI=1S/C12H14N2O2/c1-16-10-6-8(3-2-4-13)5-9-7-11(15)14-12(9)10/h2-3,5-6H,4,7,13H2,1H3,(H,14,15)/b3-2+. The number of ether oxygens (including phenoxy) is 1. The molecule has 16 heavy (non-hydrogen) atoms. The number of methoxy groups -OCH3 is 1. The van der Waals surface area contributed by atoms with Crippen LogP contribution in [0.4, 0.5) is 5.69 Å². The second-order valence-electron chi connectivity index (χ2n) is 3.62. The molecule has 0 unspecified atom stereocenters. The molecule has 0 aromatic heterocycles. The molecule has 0 saturated carbocycles. The molecule has 4 heteroatoms. The van der Waals surface area contributed by atoms with Crippen molar-refractivity contribution < 1.29 is 9.53 Å². The summed E-state index contributed by atoms with van der Waals surface area (Å²) in [6.45, 7) is 0.497. The van der Waals surface area contributed by atoms with E-state index in [1.54, 1.807) is 7.11 Å². The Morgan fingerprint density at radius 2 is 2.38 bits per heavy atom. The highest BCUT2D eigenvalue weighted by atomic mass is 16.5. The van der Waals surface area contributed by atoms with E-state index in [1.165, 1.54) is 0 Å². The van der Waals surface area contributed by atoms with Crippen molar-refractivity contribution in [3.63, 3.8) is 0 Å². The van der Waals surface area contributed by atoms with Crippen LogP contribution >= 0.6 is 0 Å². The summed E-state index contributed by atoms with van der Waals surface area (Å²) in [6, 6.07) is 3.86. The van der Waals surface area contributed by atoms with Gasteiger partial charge in [-0.15, -0.1) is 0 Å². The second-order valence-corrected chi connectivity index (χ2v) is 3.62. The van der Waals surface area contributed by atoms with Crippen molar-refractivity contribution in [2.45, 2.75) is 6.42 Å². The fourth-order valence-electron chi connectivity index (χ4n) is 1.80. The summed E-state index contributed by atoms with van der Waals surface area (Å²) in [5, 5.41) is 2.79. The lowest BCUT2D eigenvalue weighted by molar-refractivity contribution is -0.115. The number of carbonyl (C=O) groups is 1. The molecule has 3 N–H and O–H groups in total. The molecule has 0 aliphatic carbocycles. The van der Waals surface area contributed by atoms with Crippen LogP contribution in [0, 0.1) is 0 Å². The van der Waals surface area contributed by atoms with Gasteiger partial charge in [0.1, 0.15) is 5.75 Å². The maximum Gasteiger partial charge on any atom is 0.228 e. The third kappa shape index (κ3) is 1.92. The van der Waals surface area contributed by atoms with Gasteiger partial charge in [0.05, 0.1) is 19.2 Å². The zero-order valence-corrected chi connectivity index (χ0v) is 9.12. The maximum absolute atomic E-state index is 11.3. The minimum atomic E-state index is 0.00764. The number of hydrogen-bond acceptors (Lipinski definition) is 3. The van der Waals surface area contributed by atoms with E-state index in [4.69, 9.17) is 10.5 Å². The molecule has 0 bridgehead atoms. The molecule has 0 saturated heterocycles. The number of benzene rings is 1. The number of anilines is 1. The van der Waals surface area contributed by atoms with Gasteiger partial charge in [-0.05, 0) is 23.3 Å². The SMILES string of the molecule is COc1cc(/C=C/CN)cc2c1NC(=O)C2. The first kappa shape index (κ1) is 10.7. The summed E-state index contributed by atoms with van der Waals surface area (Å²) in [7, 11) is 1.59. The lowest BCUT2D eigenvalue weighted by atomic mass is 10.1. The molecule has 0 atom stereocenters. The molecule has 1 aliphatic rings. The van der Waals surface area contributed by atoms with Crippen molar-refractivity contribution in [3.8, 4) is 5.75 Å². The van der Waals surface area contributed by atoms with Gasteiger partial charge in [0, 0.05) is 6.54 Å². The molecule has 0 fully saturated rings. The van der Waals surface area contributed by atoms with E-state index in [0.717, 1.165) is 16.8 Å². The Hall–Kier alpha value is -1.81. The van der Waals surface area contributed by atoms with Crippen LogP contribution in [0.5, 0.6) is 5.75 Å². The lowest BCUT2D eigenvalue weighted by Crippen LogP contribution is -2.04. The second kappa shape index (κ2) is 4.37. The predicted octanol–water partition coefficient (Wildman–Crippen LogP) is 1.16. The van der Waals surface area contributed by atoms with Crippen LogP contribution in [0.3, 0.4) is 0 Å². The third-order valence-electron chi connectivity index (χ3n) is 2.49. The van der Waals surface area contributed by atoms with E-state index in [1.807, 2.05) is 24.3 Å². The predicted molar refractivity (Wildman–Crippen MR) is 63.4 cm³/mol. The van der Waals surface area contributed by atoms with Gasteiger partial charge in [-0.3, -0.25) is 4.79 Å². The molecule has 0 radical (unpaired) electrons. The number of amides is 1. The Kier molecular flexibility index (Phi) is 2.92. The molecule has 1 aliphatic heterocycles. The van der Waals surface area contributed by atoms with E-state index in [2.05, 4.69) is 5.32 Å². The first-order valence-electron chi connectivity index (χ1n) is 5.12. The van der Waals surface area contributed by atoms with Gasteiger partial charge in [0.25, 0.3) is 0 Å². The molecular formula is C12H14N2O2. The number of hydrogen-bond donors (Lipinski definition) is 2. The van der Waals surface area contributed by atoms with Crippen LogP contribution in [0.15, 0.2) is 18.2 Å². The number of carbonyl (C=O) groups excluding carboxylic acids is 1. The van der Waals surface area contributed by atoms with Gasteiger partial charge in [0.15, 0.2) is 0 Å². The molecule has 1 heterocycles. The van der Waals surface area contributed by atoms with E-state index in [-0.39, 0.29) is 5.91 Å². The largest absolute Gasteiger partial charge is 0.495 e. The van der Waals surface area contributed by atoms with Crippen LogP contribution in [-0.2, 0) is 11.2 Å². The van der Waals surface area contributed by atoms with Gasteiger partial charge in [-0.1, -0.05) is 12.2 Å². The molecule has 0 spiro atoms. The van der Waals surface area contributed by atoms with Crippen molar-refractivity contribution in [2.75, 3.05) is 19.0 Å². The highest BCUT2D eigenvalue weighted by Gasteiger charge is 2.21. The minimum Gasteiger partial charge on any atom is -0.495 e. The van der Waals surface area contributed by atoms with Crippen LogP contribution in [-0.4, -0.2) is 19.6 Å². The first-order chi connectivity index (χ1) is 7.74. The molecule has 1 aromatic rings. The summed E-state index contributed by atoms with van der Waals surface area (Å²) in [5.74, 6) is 0.702. The van der Waals surface area contributed by atoms with E-state index >= 15 is 0 Å². The van der Waals surface area contributed by atoms with Crippen molar-refractivity contribution in [1.82, 2.24) is 0 Å². The van der Waals surface area contributed by atoms with E-state index in [0.29, 0.717) is 18.7 Å². The number of nitrogens with one attached hydrogen (secondary N) is 1. The molecule has 1 aromatic carbocycles. The van der Waals surface area contributed by atoms with Gasteiger partial charge >= 0.3 is 0 Å². The molecular weight excluding hydrogens is 204 g/mol. The van der Waals surface area contributed by atoms with Crippen LogP contribution < -0.4 is 15.8 Å². The van der Waals surface area contributed by atoms with Crippen molar-refractivity contribution in [2.24, 2.45) is 5.73 Å². The molecule has 4 nitrogen and oxygen atoms in total. The monoisotopic (exact) mass is 218 g/mol. The number of rotatable bonds is 3. The average Bonchev–Trinajstić information content (AvgIpc) is 2.65. The zero-order chi connectivity index (χ0) is 11.5. The summed E-state index contributed by atoms with van der Waals surface area (Å²) < 4.78 is 5.25. The minimum absolute atomic E-state index is 0.00764. The Morgan fingerprint density at radius 3 is 3.06 bits per heavy atom. The molecule has 1 amide bonds. The third-order valence-corrected chi connectivity index (χ3v) is 2.49. The van der Waals surface area contributed by atoms with Crippen molar-refractivity contribution >= 4 is 17.7 Å². The van der Waals surface area contributed by atoms with Crippen LogP contribution in [0.25, 0.3) is 6.08 Å². The smallest absolute Gasteiger partial charge is 0.228 e. The first-order valence-corrected chi connectivity index (χ1v) is 5.12. The van der Waals surface area contributed by atoms with Gasteiger partial charge in [-0.25, -0.2) is 0 Å². The highest BCUT2D eigenvalue weighted by molar-refractivity contribution is 6.01.